The third kappa shape index (κ3) is 3.46. The Hall–Kier alpha value is -1.70. The van der Waals surface area contributed by atoms with E-state index in [1.807, 2.05) is 31.4 Å². The molecule has 1 unspecified atom stereocenters. The molecule has 1 aromatic carbocycles. The van der Waals surface area contributed by atoms with E-state index in [-0.39, 0.29) is 18.6 Å². The molecule has 0 fully saturated rings. The molecule has 1 N–H and O–H groups in total. The zero-order chi connectivity index (χ0) is 16.4. The third-order valence-corrected chi connectivity index (χ3v) is 5.19. The zero-order valence-electron chi connectivity index (χ0n) is 13.2. The lowest BCUT2D eigenvalue weighted by molar-refractivity contribution is -0.124. The van der Waals surface area contributed by atoms with E-state index in [2.05, 4.69) is 10.3 Å². The summed E-state index contributed by atoms with van der Waals surface area (Å²) in [4.78, 5) is 16.5. The van der Waals surface area contributed by atoms with Crippen molar-refractivity contribution in [3.63, 3.8) is 0 Å². The van der Waals surface area contributed by atoms with Gasteiger partial charge in [-0.3, -0.25) is 4.79 Å². The number of nitrogens with zero attached hydrogens (tertiary/aromatic N) is 1. The molecule has 0 spiro atoms. The van der Waals surface area contributed by atoms with Crippen LogP contribution in [0.15, 0.2) is 17.5 Å². The van der Waals surface area contributed by atoms with E-state index in [4.69, 9.17) is 9.47 Å². The normalized spacial score (nSPS) is 12.7. The highest BCUT2D eigenvalue weighted by molar-refractivity contribution is 7.21. The van der Waals surface area contributed by atoms with Crippen molar-refractivity contribution in [1.82, 2.24) is 10.3 Å². The molecular formula is C16H18N2O3S2. The molecular weight excluding hydrogens is 332 g/mol. The smallest absolute Gasteiger partial charge is 0.258 e. The summed E-state index contributed by atoms with van der Waals surface area (Å²) in [6.45, 7) is 4.36. The molecule has 23 heavy (non-hydrogen) atoms. The van der Waals surface area contributed by atoms with Crippen molar-refractivity contribution in [3.05, 3.63) is 22.5 Å². The fourth-order valence-corrected chi connectivity index (χ4v) is 4.29. The van der Waals surface area contributed by atoms with Crippen LogP contribution in [0.25, 0.3) is 20.3 Å². The van der Waals surface area contributed by atoms with Gasteiger partial charge in [0.05, 0.1) is 26.5 Å². The Bertz CT molecular complexity index is 840. The van der Waals surface area contributed by atoms with Gasteiger partial charge in [-0.25, -0.2) is 4.98 Å². The number of carbonyl (C=O) groups is 1. The molecule has 0 radical (unpaired) electrons. The number of aromatic nitrogens is 1. The first kappa shape index (κ1) is 16.2. The van der Waals surface area contributed by atoms with Crippen LogP contribution in [0.3, 0.4) is 0 Å². The maximum atomic E-state index is 11.9. The van der Waals surface area contributed by atoms with Gasteiger partial charge in [-0.05, 0) is 25.3 Å². The van der Waals surface area contributed by atoms with Crippen LogP contribution in [0.2, 0.25) is 0 Å². The number of nitrogens with one attached hydrogen (secondary N) is 1. The number of aryl methyl sites for hydroxylation is 1. The van der Waals surface area contributed by atoms with Gasteiger partial charge in [0.1, 0.15) is 5.75 Å². The lowest BCUT2D eigenvalue weighted by Crippen LogP contribution is -2.38. The van der Waals surface area contributed by atoms with E-state index >= 15 is 0 Å². The van der Waals surface area contributed by atoms with Crippen molar-refractivity contribution in [2.45, 2.75) is 19.9 Å². The lowest BCUT2D eigenvalue weighted by Gasteiger charge is -2.13. The Kier molecular flexibility index (Phi) is 4.79. The largest absolute Gasteiger partial charge is 0.483 e. The highest BCUT2D eigenvalue weighted by atomic mass is 32.1. The number of fused-ring (bicyclic) bond motifs is 3. The van der Waals surface area contributed by atoms with Crippen LogP contribution in [-0.4, -0.2) is 37.3 Å². The topological polar surface area (TPSA) is 60.5 Å². The fraction of sp³-hybridized carbons (Fsp3) is 0.375. The van der Waals surface area contributed by atoms with Crippen LogP contribution >= 0.6 is 22.7 Å². The fourth-order valence-electron chi connectivity index (χ4n) is 2.46. The van der Waals surface area contributed by atoms with Crippen LogP contribution in [0.1, 0.15) is 11.9 Å². The van der Waals surface area contributed by atoms with Crippen molar-refractivity contribution >= 4 is 48.9 Å². The minimum Gasteiger partial charge on any atom is -0.483 e. The van der Waals surface area contributed by atoms with Gasteiger partial charge >= 0.3 is 0 Å². The number of thiazole rings is 1. The molecule has 1 atom stereocenters. The van der Waals surface area contributed by atoms with Gasteiger partial charge in [-0.1, -0.05) is 0 Å². The Labute approximate surface area is 142 Å². The molecule has 3 rings (SSSR count). The summed E-state index contributed by atoms with van der Waals surface area (Å²) in [5.74, 6) is 0.574. The Morgan fingerprint density at radius 1 is 1.48 bits per heavy atom. The molecule has 5 nitrogen and oxygen atoms in total. The number of methoxy groups -OCH3 is 1. The van der Waals surface area contributed by atoms with E-state index in [1.54, 1.807) is 29.8 Å². The number of amides is 1. The summed E-state index contributed by atoms with van der Waals surface area (Å²) >= 11 is 3.28. The van der Waals surface area contributed by atoms with Crippen molar-refractivity contribution in [3.8, 4) is 5.75 Å². The maximum Gasteiger partial charge on any atom is 0.258 e. The first-order valence-corrected chi connectivity index (χ1v) is 8.96. The van der Waals surface area contributed by atoms with Gasteiger partial charge in [-0.2, -0.15) is 0 Å². The van der Waals surface area contributed by atoms with Crippen LogP contribution in [0.4, 0.5) is 0 Å². The van der Waals surface area contributed by atoms with Gasteiger partial charge < -0.3 is 14.8 Å². The zero-order valence-corrected chi connectivity index (χ0v) is 14.8. The lowest BCUT2D eigenvalue weighted by atomic mass is 10.2. The second-order valence-corrected chi connectivity index (χ2v) is 7.48. The summed E-state index contributed by atoms with van der Waals surface area (Å²) in [6.07, 6.45) is 0. The van der Waals surface area contributed by atoms with Crippen LogP contribution in [-0.2, 0) is 9.53 Å². The highest BCUT2D eigenvalue weighted by Crippen LogP contribution is 2.38. The van der Waals surface area contributed by atoms with Crippen molar-refractivity contribution in [2.75, 3.05) is 20.3 Å². The van der Waals surface area contributed by atoms with E-state index in [0.29, 0.717) is 6.61 Å². The number of ether oxygens (including phenoxy) is 2. The van der Waals surface area contributed by atoms with Crippen molar-refractivity contribution < 1.29 is 14.3 Å². The molecule has 0 bridgehead atoms. The van der Waals surface area contributed by atoms with Crippen molar-refractivity contribution in [2.24, 2.45) is 0 Å². The molecule has 0 aliphatic heterocycles. The minimum atomic E-state index is -0.154. The molecule has 7 heteroatoms. The third-order valence-electron chi connectivity index (χ3n) is 3.35. The number of carbonyl (C=O) groups excluding carboxylic acids is 1. The summed E-state index contributed by atoms with van der Waals surface area (Å²) in [6, 6.07) is 3.94. The number of hydrogen-bond acceptors (Lipinski definition) is 6. The van der Waals surface area contributed by atoms with E-state index in [1.165, 1.54) is 0 Å². The Morgan fingerprint density at radius 3 is 3.09 bits per heavy atom. The summed E-state index contributed by atoms with van der Waals surface area (Å²) in [5, 5.41) is 6.89. The molecule has 122 valence electrons. The van der Waals surface area contributed by atoms with E-state index in [9.17, 15) is 4.79 Å². The maximum absolute atomic E-state index is 11.9. The first-order chi connectivity index (χ1) is 11.1. The second-order valence-electron chi connectivity index (χ2n) is 5.33. The number of rotatable bonds is 6. The SMILES string of the molecule is COCC(C)NC(=O)COc1cc2sc(C)nc2c2sccc12. The Morgan fingerprint density at radius 2 is 2.30 bits per heavy atom. The monoisotopic (exact) mass is 350 g/mol. The number of hydrogen-bond donors (Lipinski definition) is 1. The predicted octanol–water partition coefficient (Wildman–Crippen LogP) is 3.35. The summed E-state index contributed by atoms with van der Waals surface area (Å²) in [5.41, 5.74) is 1.02. The average molecular weight is 350 g/mol. The predicted molar refractivity (Wildman–Crippen MR) is 94.7 cm³/mol. The van der Waals surface area contributed by atoms with Gasteiger partial charge in [0.15, 0.2) is 6.61 Å². The molecule has 0 saturated carbocycles. The quantitative estimate of drug-likeness (QED) is 0.741. The molecule has 2 aromatic heterocycles. The van der Waals surface area contributed by atoms with Gasteiger partial charge in [0.25, 0.3) is 5.91 Å². The van der Waals surface area contributed by atoms with Gasteiger partial charge in [-0.15, -0.1) is 22.7 Å². The van der Waals surface area contributed by atoms with E-state index in [0.717, 1.165) is 31.1 Å². The average Bonchev–Trinajstić information content (AvgIpc) is 3.10. The molecule has 1 amide bonds. The molecule has 2 heterocycles. The highest BCUT2D eigenvalue weighted by Gasteiger charge is 2.14. The van der Waals surface area contributed by atoms with Gasteiger partial charge in [0, 0.05) is 24.6 Å². The first-order valence-electron chi connectivity index (χ1n) is 7.27. The van der Waals surface area contributed by atoms with E-state index < -0.39 is 0 Å². The van der Waals surface area contributed by atoms with Crippen LogP contribution in [0.5, 0.6) is 5.75 Å². The second kappa shape index (κ2) is 6.82. The Balaban J connectivity index is 1.79. The summed E-state index contributed by atoms with van der Waals surface area (Å²) in [7, 11) is 1.61. The molecule has 0 saturated heterocycles. The van der Waals surface area contributed by atoms with Crippen molar-refractivity contribution in [1.29, 1.82) is 0 Å². The summed E-state index contributed by atoms with van der Waals surface area (Å²) < 4.78 is 13.0. The van der Waals surface area contributed by atoms with Crippen LogP contribution in [0, 0.1) is 6.92 Å². The van der Waals surface area contributed by atoms with Crippen LogP contribution < -0.4 is 10.1 Å². The molecule has 0 aliphatic rings. The molecule has 3 aromatic rings. The standard InChI is InChI=1S/C16H18N2O3S2/c1-9(7-20-3)17-14(19)8-21-12-6-13-15(18-10(2)23-13)16-11(12)4-5-22-16/h4-6,9H,7-8H2,1-3H3,(H,17,19). The minimum absolute atomic E-state index is 0.0116. The van der Waals surface area contributed by atoms with Gasteiger partial charge in [0.2, 0.25) is 0 Å². The number of thiophene rings is 1. The molecule has 0 aliphatic carbocycles. The number of benzene rings is 1.